The van der Waals surface area contributed by atoms with Gasteiger partial charge < -0.3 is 5.32 Å². The summed E-state index contributed by atoms with van der Waals surface area (Å²) in [6, 6.07) is 4.00. The van der Waals surface area contributed by atoms with Crippen molar-refractivity contribution < 1.29 is 9.72 Å². The van der Waals surface area contributed by atoms with Crippen LogP contribution in [0, 0.1) is 15.5 Å². The van der Waals surface area contributed by atoms with Gasteiger partial charge in [0.25, 0.3) is 5.69 Å². The molecule has 5 nitrogen and oxygen atoms in total. The highest BCUT2D eigenvalue weighted by Gasteiger charge is 2.26. The number of benzene rings is 1. The van der Waals surface area contributed by atoms with Crippen molar-refractivity contribution in [3.8, 4) is 0 Å². The van der Waals surface area contributed by atoms with Gasteiger partial charge in [0.15, 0.2) is 0 Å². The van der Waals surface area contributed by atoms with Crippen LogP contribution in [0.2, 0.25) is 5.02 Å². The van der Waals surface area contributed by atoms with Crippen molar-refractivity contribution in [2.75, 3.05) is 11.2 Å². The highest BCUT2D eigenvalue weighted by molar-refractivity contribution is 6.33. The number of nitro benzene ring substituents is 1. The molecule has 0 fully saturated rings. The van der Waals surface area contributed by atoms with Crippen molar-refractivity contribution >= 4 is 40.5 Å². The number of anilines is 1. The van der Waals surface area contributed by atoms with Crippen LogP contribution in [0.15, 0.2) is 18.2 Å². The Morgan fingerprint density at radius 1 is 1.50 bits per heavy atom. The molecule has 1 aromatic carbocycles. The highest BCUT2D eigenvalue weighted by Crippen LogP contribution is 2.28. The van der Waals surface area contributed by atoms with Crippen molar-refractivity contribution in [1.29, 1.82) is 0 Å². The number of rotatable bonds is 4. The van der Waals surface area contributed by atoms with E-state index in [1.807, 2.05) is 0 Å². The molecule has 0 saturated carbocycles. The van der Waals surface area contributed by atoms with E-state index in [4.69, 9.17) is 23.2 Å². The number of carbonyl (C=O) groups is 1. The molecule has 18 heavy (non-hydrogen) atoms. The van der Waals surface area contributed by atoms with Gasteiger partial charge in [-0.25, -0.2) is 0 Å². The van der Waals surface area contributed by atoms with Gasteiger partial charge in [0.2, 0.25) is 5.91 Å². The Morgan fingerprint density at radius 2 is 2.11 bits per heavy atom. The SMILES string of the molecule is CC(C)(CCl)C(=O)Nc1ccc([N+](=O)[O-])c(Cl)c1. The average molecular weight is 291 g/mol. The van der Waals surface area contributed by atoms with Gasteiger partial charge in [-0.2, -0.15) is 0 Å². The number of halogens is 2. The zero-order valence-electron chi connectivity index (χ0n) is 9.87. The van der Waals surface area contributed by atoms with E-state index in [-0.39, 0.29) is 22.5 Å². The van der Waals surface area contributed by atoms with Crippen LogP contribution in [0.25, 0.3) is 0 Å². The first-order valence-corrected chi connectivity index (χ1v) is 6.00. The molecule has 0 saturated heterocycles. The summed E-state index contributed by atoms with van der Waals surface area (Å²) in [4.78, 5) is 21.8. The van der Waals surface area contributed by atoms with Crippen molar-refractivity contribution in [3.05, 3.63) is 33.3 Å². The summed E-state index contributed by atoms with van der Waals surface area (Å²) >= 11 is 11.4. The van der Waals surface area contributed by atoms with E-state index in [2.05, 4.69) is 5.32 Å². The third-order valence-electron chi connectivity index (χ3n) is 2.35. The predicted molar refractivity (Wildman–Crippen MR) is 71.2 cm³/mol. The summed E-state index contributed by atoms with van der Waals surface area (Å²) in [7, 11) is 0. The Morgan fingerprint density at radius 3 is 2.56 bits per heavy atom. The summed E-state index contributed by atoms with van der Waals surface area (Å²) in [5.41, 5.74) is -0.532. The van der Waals surface area contributed by atoms with Crippen LogP contribution < -0.4 is 5.32 Å². The first kappa shape index (κ1) is 14.7. The average Bonchev–Trinajstić information content (AvgIpc) is 2.28. The summed E-state index contributed by atoms with van der Waals surface area (Å²) < 4.78 is 0. The Labute approximate surface area is 114 Å². The highest BCUT2D eigenvalue weighted by atomic mass is 35.5. The number of hydrogen-bond donors (Lipinski definition) is 1. The van der Waals surface area contributed by atoms with E-state index in [1.165, 1.54) is 18.2 Å². The summed E-state index contributed by atoms with van der Waals surface area (Å²) in [6.45, 7) is 3.39. The number of alkyl halides is 1. The lowest BCUT2D eigenvalue weighted by Crippen LogP contribution is -2.32. The number of hydrogen-bond acceptors (Lipinski definition) is 3. The third-order valence-corrected chi connectivity index (χ3v) is 3.32. The zero-order chi connectivity index (χ0) is 13.9. The van der Waals surface area contributed by atoms with E-state index in [0.29, 0.717) is 5.69 Å². The Bertz CT molecular complexity index is 489. The summed E-state index contributed by atoms with van der Waals surface area (Å²) in [6.07, 6.45) is 0. The fraction of sp³-hybridized carbons (Fsp3) is 0.364. The second kappa shape index (κ2) is 5.54. The van der Waals surface area contributed by atoms with E-state index in [1.54, 1.807) is 13.8 Å². The molecule has 0 aromatic heterocycles. The van der Waals surface area contributed by atoms with Crippen LogP contribution >= 0.6 is 23.2 Å². The molecule has 0 radical (unpaired) electrons. The predicted octanol–water partition coefficient (Wildman–Crippen LogP) is 3.45. The molecule has 1 aromatic rings. The maximum atomic E-state index is 11.8. The van der Waals surface area contributed by atoms with E-state index in [0.717, 1.165) is 0 Å². The maximum Gasteiger partial charge on any atom is 0.288 e. The largest absolute Gasteiger partial charge is 0.326 e. The number of amides is 1. The van der Waals surface area contributed by atoms with Crippen LogP contribution in [0.1, 0.15) is 13.8 Å². The molecular weight excluding hydrogens is 279 g/mol. The molecule has 0 aliphatic heterocycles. The molecule has 1 rings (SSSR count). The van der Waals surface area contributed by atoms with Gasteiger partial charge >= 0.3 is 0 Å². The molecule has 0 aliphatic carbocycles. The van der Waals surface area contributed by atoms with E-state index in [9.17, 15) is 14.9 Å². The lowest BCUT2D eigenvalue weighted by molar-refractivity contribution is -0.384. The molecule has 0 spiro atoms. The van der Waals surface area contributed by atoms with Crippen LogP contribution in [-0.4, -0.2) is 16.7 Å². The third kappa shape index (κ3) is 3.34. The molecule has 1 N–H and O–H groups in total. The van der Waals surface area contributed by atoms with Gasteiger partial charge in [0, 0.05) is 17.6 Å². The fourth-order valence-electron chi connectivity index (χ4n) is 1.09. The Balaban J connectivity index is 2.91. The molecule has 0 heterocycles. The molecule has 7 heteroatoms. The van der Waals surface area contributed by atoms with E-state index >= 15 is 0 Å². The smallest absolute Gasteiger partial charge is 0.288 e. The quantitative estimate of drug-likeness (QED) is 0.524. The van der Waals surface area contributed by atoms with Crippen molar-refractivity contribution in [1.82, 2.24) is 0 Å². The topological polar surface area (TPSA) is 72.2 Å². The minimum atomic E-state index is -0.726. The van der Waals surface area contributed by atoms with Gasteiger partial charge in [-0.05, 0) is 26.0 Å². The lowest BCUT2D eigenvalue weighted by Gasteiger charge is -2.20. The lowest BCUT2D eigenvalue weighted by atomic mass is 9.95. The molecule has 0 unspecified atom stereocenters. The molecule has 1 amide bonds. The second-order valence-corrected chi connectivity index (χ2v) is 5.07. The first-order chi connectivity index (χ1) is 8.27. The van der Waals surface area contributed by atoms with Gasteiger partial charge in [-0.15, -0.1) is 11.6 Å². The summed E-state index contributed by atoms with van der Waals surface area (Å²) in [5.74, 6) is -0.109. The van der Waals surface area contributed by atoms with Gasteiger partial charge in [-0.3, -0.25) is 14.9 Å². The van der Waals surface area contributed by atoms with E-state index < -0.39 is 10.3 Å². The van der Waals surface area contributed by atoms with Crippen LogP contribution in [-0.2, 0) is 4.79 Å². The number of carbonyl (C=O) groups excluding carboxylic acids is 1. The van der Waals surface area contributed by atoms with Gasteiger partial charge in [0.1, 0.15) is 5.02 Å². The summed E-state index contributed by atoms with van der Waals surface area (Å²) in [5, 5.41) is 13.2. The van der Waals surface area contributed by atoms with Gasteiger partial charge in [-0.1, -0.05) is 11.6 Å². The van der Waals surface area contributed by atoms with Crippen LogP contribution in [0.3, 0.4) is 0 Å². The van der Waals surface area contributed by atoms with Crippen LogP contribution in [0.5, 0.6) is 0 Å². The minimum absolute atomic E-state index is 0.0264. The Kier molecular flexibility index (Phi) is 4.53. The number of nitrogens with one attached hydrogen (secondary N) is 1. The Hall–Kier alpha value is -1.33. The first-order valence-electron chi connectivity index (χ1n) is 5.09. The van der Waals surface area contributed by atoms with Crippen molar-refractivity contribution in [2.24, 2.45) is 5.41 Å². The van der Waals surface area contributed by atoms with Crippen LogP contribution in [0.4, 0.5) is 11.4 Å². The second-order valence-electron chi connectivity index (χ2n) is 4.39. The number of nitro groups is 1. The number of nitrogens with zero attached hydrogens (tertiary/aromatic N) is 1. The zero-order valence-corrected chi connectivity index (χ0v) is 11.4. The van der Waals surface area contributed by atoms with Crippen molar-refractivity contribution in [2.45, 2.75) is 13.8 Å². The molecule has 0 atom stereocenters. The normalized spacial score (nSPS) is 11.1. The molecule has 98 valence electrons. The standard InChI is InChI=1S/C11H12Cl2N2O3/c1-11(2,6-12)10(16)14-7-3-4-9(15(17)18)8(13)5-7/h3-5H,6H2,1-2H3,(H,14,16). The molecule has 0 bridgehead atoms. The monoisotopic (exact) mass is 290 g/mol. The molecular formula is C11H12Cl2N2O3. The van der Waals surface area contributed by atoms with Gasteiger partial charge in [0.05, 0.1) is 10.3 Å². The maximum absolute atomic E-state index is 11.8. The fourth-order valence-corrected chi connectivity index (χ4v) is 1.46. The molecule has 0 aliphatic rings. The van der Waals surface area contributed by atoms with Crippen molar-refractivity contribution in [3.63, 3.8) is 0 Å². The minimum Gasteiger partial charge on any atom is -0.326 e.